The van der Waals surface area contributed by atoms with Gasteiger partial charge in [-0.05, 0) is 44.0 Å². The third kappa shape index (κ3) is 4.59. The minimum absolute atomic E-state index is 0.0878. The molecule has 0 aliphatic heterocycles. The Balaban J connectivity index is 2.08. The van der Waals surface area contributed by atoms with Crippen molar-refractivity contribution in [1.82, 2.24) is 4.90 Å². The zero-order chi connectivity index (χ0) is 18.6. The summed E-state index contributed by atoms with van der Waals surface area (Å²) in [5, 5.41) is 6.01. The van der Waals surface area contributed by atoms with Crippen LogP contribution in [0.4, 0.5) is 11.4 Å². The van der Waals surface area contributed by atoms with Crippen LogP contribution >= 0.6 is 0 Å². The average Bonchev–Trinajstić information content (AvgIpc) is 2.55. The fourth-order valence-electron chi connectivity index (χ4n) is 2.80. The largest absolute Gasteiger partial charge is 0.376 e. The summed E-state index contributed by atoms with van der Waals surface area (Å²) in [6.45, 7) is 6.08. The van der Waals surface area contributed by atoms with Gasteiger partial charge >= 0.3 is 0 Å². The summed E-state index contributed by atoms with van der Waals surface area (Å²) in [6, 6.07) is 11.3. The van der Waals surface area contributed by atoms with Crippen LogP contribution in [0.3, 0.4) is 0 Å². The smallest absolute Gasteiger partial charge is 0.255 e. The lowest BCUT2D eigenvalue weighted by Crippen LogP contribution is -2.26. The Labute approximate surface area is 149 Å². The Morgan fingerprint density at radius 2 is 1.60 bits per heavy atom. The van der Waals surface area contributed by atoms with Crippen LogP contribution < -0.4 is 10.6 Å². The summed E-state index contributed by atoms with van der Waals surface area (Å²) in [7, 11) is 3.41. The predicted molar refractivity (Wildman–Crippen MR) is 102 cm³/mol. The Morgan fingerprint density at radius 1 is 1.00 bits per heavy atom. The number of para-hydroxylation sites is 1. The summed E-state index contributed by atoms with van der Waals surface area (Å²) in [6.07, 6.45) is 0. The van der Waals surface area contributed by atoms with Crippen molar-refractivity contribution in [2.45, 2.75) is 20.8 Å². The van der Waals surface area contributed by atoms with E-state index in [2.05, 4.69) is 10.6 Å². The summed E-state index contributed by atoms with van der Waals surface area (Å²) in [4.78, 5) is 26.0. The van der Waals surface area contributed by atoms with Gasteiger partial charge in [-0.1, -0.05) is 29.8 Å². The van der Waals surface area contributed by atoms with Crippen LogP contribution in [0.2, 0.25) is 0 Å². The minimum atomic E-state index is -0.151. The van der Waals surface area contributed by atoms with E-state index in [4.69, 9.17) is 0 Å². The molecule has 0 aliphatic carbocycles. The Kier molecular flexibility index (Phi) is 5.80. The predicted octanol–water partition coefficient (Wildman–Crippen LogP) is 3.36. The van der Waals surface area contributed by atoms with Gasteiger partial charge in [0, 0.05) is 25.5 Å². The van der Waals surface area contributed by atoms with E-state index in [1.165, 1.54) is 10.5 Å². The minimum Gasteiger partial charge on any atom is -0.376 e. The Morgan fingerprint density at radius 3 is 2.20 bits per heavy atom. The molecule has 132 valence electrons. The normalized spacial score (nSPS) is 10.3. The van der Waals surface area contributed by atoms with E-state index < -0.39 is 0 Å². The molecule has 0 saturated carbocycles. The first-order valence-electron chi connectivity index (χ1n) is 8.22. The molecule has 2 N–H and O–H groups in total. The zero-order valence-corrected chi connectivity index (χ0v) is 15.4. The molecular formula is C20H25N3O2. The second-order valence-corrected chi connectivity index (χ2v) is 6.42. The summed E-state index contributed by atoms with van der Waals surface area (Å²) in [5.41, 5.74) is 5.28. The number of carbonyl (C=O) groups is 2. The maximum Gasteiger partial charge on any atom is 0.255 e. The van der Waals surface area contributed by atoms with Crippen LogP contribution in [0.15, 0.2) is 36.4 Å². The highest BCUT2D eigenvalue weighted by molar-refractivity contribution is 6.01. The van der Waals surface area contributed by atoms with Gasteiger partial charge in [0.1, 0.15) is 0 Å². The van der Waals surface area contributed by atoms with Crippen LogP contribution in [0.25, 0.3) is 0 Å². The number of aryl methyl sites for hydroxylation is 3. The number of amides is 2. The first-order chi connectivity index (χ1) is 11.8. The lowest BCUT2D eigenvalue weighted by Gasteiger charge is -2.16. The molecule has 25 heavy (non-hydrogen) atoms. The van der Waals surface area contributed by atoms with Crippen molar-refractivity contribution >= 4 is 23.2 Å². The molecule has 2 aromatic carbocycles. The topological polar surface area (TPSA) is 61.4 Å². The molecule has 2 amide bonds. The van der Waals surface area contributed by atoms with Crippen LogP contribution in [-0.2, 0) is 4.79 Å². The molecule has 0 aliphatic rings. The fourth-order valence-corrected chi connectivity index (χ4v) is 2.80. The molecule has 5 nitrogen and oxygen atoms in total. The van der Waals surface area contributed by atoms with Crippen LogP contribution in [-0.4, -0.2) is 37.4 Å². The van der Waals surface area contributed by atoms with Gasteiger partial charge in [0.05, 0.1) is 12.1 Å². The summed E-state index contributed by atoms with van der Waals surface area (Å²) >= 11 is 0. The van der Waals surface area contributed by atoms with Crippen molar-refractivity contribution in [3.63, 3.8) is 0 Å². The molecule has 0 radical (unpaired) electrons. The molecule has 2 aromatic rings. The number of nitrogens with zero attached hydrogens (tertiary/aromatic N) is 1. The van der Waals surface area contributed by atoms with Crippen molar-refractivity contribution in [2.75, 3.05) is 31.3 Å². The lowest BCUT2D eigenvalue weighted by atomic mass is 10.1. The third-order valence-corrected chi connectivity index (χ3v) is 3.94. The number of hydrogen-bond acceptors (Lipinski definition) is 3. The van der Waals surface area contributed by atoms with E-state index in [0.29, 0.717) is 11.3 Å². The molecule has 0 saturated heterocycles. The highest BCUT2D eigenvalue weighted by atomic mass is 16.2. The highest BCUT2D eigenvalue weighted by Crippen LogP contribution is 2.22. The van der Waals surface area contributed by atoms with E-state index in [1.807, 2.05) is 39.0 Å². The van der Waals surface area contributed by atoms with E-state index >= 15 is 0 Å². The number of anilines is 2. The first-order valence-corrected chi connectivity index (χ1v) is 8.22. The third-order valence-electron chi connectivity index (χ3n) is 3.94. The zero-order valence-electron chi connectivity index (χ0n) is 15.4. The van der Waals surface area contributed by atoms with E-state index in [0.717, 1.165) is 16.8 Å². The van der Waals surface area contributed by atoms with Gasteiger partial charge in [-0.15, -0.1) is 0 Å². The van der Waals surface area contributed by atoms with Crippen molar-refractivity contribution in [3.8, 4) is 0 Å². The standard InChI is InChI=1S/C20H25N3O2/c1-13-10-14(2)19(15(3)11-13)22-18(24)12-21-17-9-7-6-8-16(17)20(25)23(4)5/h6-11,21H,12H2,1-5H3,(H,22,24). The van der Waals surface area contributed by atoms with Gasteiger partial charge < -0.3 is 15.5 Å². The number of benzene rings is 2. The van der Waals surface area contributed by atoms with Crippen LogP contribution in [0.1, 0.15) is 27.0 Å². The van der Waals surface area contributed by atoms with Crippen molar-refractivity contribution in [1.29, 1.82) is 0 Å². The quantitative estimate of drug-likeness (QED) is 0.878. The fraction of sp³-hybridized carbons (Fsp3) is 0.300. The first kappa shape index (κ1) is 18.5. The molecule has 0 atom stereocenters. The van der Waals surface area contributed by atoms with Gasteiger partial charge in [0.2, 0.25) is 5.91 Å². The lowest BCUT2D eigenvalue weighted by molar-refractivity contribution is -0.114. The molecule has 2 rings (SSSR count). The maximum absolute atomic E-state index is 12.3. The SMILES string of the molecule is Cc1cc(C)c(NC(=O)CNc2ccccc2C(=O)N(C)C)c(C)c1. The van der Waals surface area contributed by atoms with Crippen LogP contribution in [0.5, 0.6) is 0 Å². The van der Waals surface area contributed by atoms with E-state index in [9.17, 15) is 9.59 Å². The number of carbonyl (C=O) groups excluding carboxylic acids is 2. The van der Waals surface area contributed by atoms with Crippen molar-refractivity contribution < 1.29 is 9.59 Å². The molecule has 0 bridgehead atoms. The van der Waals surface area contributed by atoms with Gasteiger partial charge in [0.25, 0.3) is 5.91 Å². The number of hydrogen-bond donors (Lipinski definition) is 2. The van der Waals surface area contributed by atoms with Gasteiger partial charge in [-0.2, -0.15) is 0 Å². The van der Waals surface area contributed by atoms with Gasteiger partial charge in [-0.3, -0.25) is 9.59 Å². The summed E-state index contributed by atoms with van der Waals surface area (Å²) in [5.74, 6) is -0.254. The molecule has 5 heteroatoms. The molecule has 0 unspecified atom stereocenters. The van der Waals surface area contributed by atoms with Crippen molar-refractivity contribution in [3.05, 3.63) is 58.7 Å². The molecule has 0 spiro atoms. The van der Waals surface area contributed by atoms with Gasteiger partial charge in [-0.25, -0.2) is 0 Å². The molecule has 0 aromatic heterocycles. The van der Waals surface area contributed by atoms with Crippen LogP contribution in [0, 0.1) is 20.8 Å². The molecular weight excluding hydrogens is 314 g/mol. The average molecular weight is 339 g/mol. The maximum atomic E-state index is 12.3. The van der Waals surface area contributed by atoms with Crippen molar-refractivity contribution in [2.24, 2.45) is 0 Å². The van der Waals surface area contributed by atoms with E-state index in [-0.39, 0.29) is 18.4 Å². The van der Waals surface area contributed by atoms with Gasteiger partial charge in [0.15, 0.2) is 0 Å². The summed E-state index contributed by atoms with van der Waals surface area (Å²) < 4.78 is 0. The van der Waals surface area contributed by atoms with E-state index in [1.54, 1.807) is 32.3 Å². The number of nitrogens with one attached hydrogen (secondary N) is 2. The number of rotatable bonds is 5. The second kappa shape index (κ2) is 7.83. The molecule has 0 fully saturated rings. The monoisotopic (exact) mass is 339 g/mol. The Hall–Kier alpha value is -2.82. The molecule has 0 heterocycles. The highest BCUT2D eigenvalue weighted by Gasteiger charge is 2.14. The Bertz CT molecular complexity index is 774. The second-order valence-electron chi connectivity index (χ2n) is 6.42.